The lowest BCUT2D eigenvalue weighted by Crippen LogP contribution is -2.08. The van der Waals surface area contributed by atoms with Crippen LogP contribution >= 0.6 is 0 Å². The molecule has 2 rings (SSSR count). The SMILES string of the molecule is C.C=C1CCc2ccc(N(C)C)cc21. The highest BCUT2D eigenvalue weighted by atomic mass is 15.1. The first-order valence-electron chi connectivity index (χ1n) is 4.67. The monoisotopic (exact) mass is 189 g/mol. The van der Waals surface area contributed by atoms with Gasteiger partial charge in [0.15, 0.2) is 0 Å². The van der Waals surface area contributed by atoms with Gasteiger partial charge in [-0.3, -0.25) is 0 Å². The average molecular weight is 189 g/mol. The van der Waals surface area contributed by atoms with Gasteiger partial charge in [-0.2, -0.15) is 0 Å². The molecule has 1 aliphatic rings. The second kappa shape index (κ2) is 3.87. The Kier molecular flexibility index (Phi) is 3.00. The number of benzene rings is 1. The topological polar surface area (TPSA) is 3.24 Å². The molecule has 0 unspecified atom stereocenters. The minimum Gasteiger partial charge on any atom is -0.378 e. The summed E-state index contributed by atoms with van der Waals surface area (Å²) in [6.07, 6.45) is 2.30. The summed E-state index contributed by atoms with van der Waals surface area (Å²) in [7, 11) is 4.14. The molecule has 0 amide bonds. The van der Waals surface area contributed by atoms with Crippen LogP contribution in [0.15, 0.2) is 24.8 Å². The molecular formula is C13H19N. The minimum atomic E-state index is 0. The summed E-state index contributed by atoms with van der Waals surface area (Å²) in [6, 6.07) is 6.64. The smallest absolute Gasteiger partial charge is 0.0367 e. The number of anilines is 1. The summed E-state index contributed by atoms with van der Waals surface area (Å²) in [5, 5.41) is 0. The maximum atomic E-state index is 4.08. The molecule has 0 atom stereocenters. The molecule has 0 spiro atoms. The van der Waals surface area contributed by atoms with Crippen LogP contribution in [0.25, 0.3) is 5.57 Å². The maximum Gasteiger partial charge on any atom is 0.0367 e. The second-order valence-corrected chi connectivity index (χ2v) is 3.84. The van der Waals surface area contributed by atoms with Crippen LogP contribution in [-0.2, 0) is 6.42 Å². The zero-order valence-corrected chi connectivity index (χ0v) is 8.30. The number of rotatable bonds is 1. The molecule has 0 saturated heterocycles. The molecule has 1 heteroatoms. The number of allylic oxidation sites excluding steroid dienone is 1. The van der Waals surface area contributed by atoms with E-state index in [1.54, 1.807) is 0 Å². The van der Waals surface area contributed by atoms with Crippen molar-refractivity contribution >= 4 is 11.3 Å². The summed E-state index contributed by atoms with van der Waals surface area (Å²) < 4.78 is 0. The lowest BCUT2D eigenvalue weighted by Gasteiger charge is -2.13. The predicted molar refractivity (Wildman–Crippen MR) is 64.9 cm³/mol. The quantitative estimate of drug-likeness (QED) is 0.655. The van der Waals surface area contributed by atoms with E-state index in [4.69, 9.17) is 0 Å². The van der Waals surface area contributed by atoms with E-state index in [-0.39, 0.29) is 7.43 Å². The summed E-state index contributed by atoms with van der Waals surface area (Å²) >= 11 is 0. The highest BCUT2D eigenvalue weighted by molar-refractivity contribution is 5.73. The van der Waals surface area contributed by atoms with Gasteiger partial charge in [-0.05, 0) is 41.7 Å². The Bertz CT molecular complexity index is 350. The van der Waals surface area contributed by atoms with Gasteiger partial charge in [-0.1, -0.05) is 20.1 Å². The Labute approximate surface area is 87.1 Å². The zero-order chi connectivity index (χ0) is 9.42. The van der Waals surface area contributed by atoms with E-state index in [2.05, 4.69) is 43.8 Å². The Morgan fingerprint density at radius 3 is 2.57 bits per heavy atom. The minimum absolute atomic E-state index is 0. The Morgan fingerprint density at radius 2 is 1.93 bits per heavy atom. The standard InChI is InChI=1S/C12H15N.CH4/c1-9-4-5-10-6-7-11(13(2)3)8-12(9)10;/h6-8H,1,4-5H2,2-3H3;1H4. The summed E-state index contributed by atoms with van der Waals surface area (Å²) in [4.78, 5) is 2.13. The molecule has 1 nitrogen and oxygen atoms in total. The molecule has 0 N–H and O–H groups in total. The Morgan fingerprint density at radius 1 is 1.21 bits per heavy atom. The van der Waals surface area contributed by atoms with Crippen LogP contribution in [0.4, 0.5) is 5.69 Å². The molecule has 0 fully saturated rings. The van der Waals surface area contributed by atoms with Gasteiger partial charge in [0, 0.05) is 19.8 Å². The van der Waals surface area contributed by atoms with Crippen molar-refractivity contribution in [3.63, 3.8) is 0 Å². The third-order valence-electron chi connectivity index (χ3n) is 2.69. The van der Waals surface area contributed by atoms with Gasteiger partial charge in [0.2, 0.25) is 0 Å². The first kappa shape index (κ1) is 10.8. The van der Waals surface area contributed by atoms with E-state index in [9.17, 15) is 0 Å². The largest absolute Gasteiger partial charge is 0.378 e. The van der Waals surface area contributed by atoms with Gasteiger partial charge in [0.05, 0.1) is 0 Å². The average Bonchev–Trinajstić information content (AvgIpc) is 2.47. The molecule has 0 radical (unpaired) electrons. The molecule has 14 heavy (non-hydrogen) atoms. The first-order chi connectivity index (χ1) is 6.18. The molecule has 0 aliphatic heterocycles. The van der Waals surface area contributed by atoms with Crippen molar-refractivity contribution in [2.45, 2.75) is 20.3 Å². The van der Waals surface area contributed by atoms with Crippen LogP contribution in [0.2, 0.25) is 0 Å². The Balaban J connectivity index is 0.000000980. The molecule has 76 valence electrons. The van der Waals surface area contributed by atoms with Crippen molar-refractivity contribution in [1.82, 2.24) is 0 Å². The van der Waals surface area contributed by atoms with Crippen molar-refractivity contribution in [3.05, 3.63) is 35.9 Å². The van der Waals surface area contributed by atoms with E-state index in [0.717, 1.165) is 6.42 Å². The normalized spacial score (nSPS) is 13.4. The van der Waals surface area contributed by atoms with Crippen molar-refractivity contribution < 1.29 is 0 Å². The molecule has 0 bridgehead atoms. The maximum absolute atomic E-state index is 4.08. The third kappa shape index (κ3) is 1.67. The molecule has 0 saturated carbocycles. The van der Waals surface area contributed by atoms with Gasteiger partial charge in [-0.25, -0.2) is 0 Å². The van der Waals surface area contributed by atoms with Gasteiger partial charge >= 0.3 is 0 Å². The fourth-order valence-corrected chi connectivity index (χ4v) is 1.81. The highest BCUT2D eigenvalue weighted by Crippen LogP contribution is 2.33. The number of hydrogen-bond donors (Lipinski definition) is 0. The van der Waals surface area contributed by atoms with Gasteiger partial charge < -0.3 is 4.90 Å². The zero-order valence-electron chi connectivity index (χ0n) is 8.30. The van der Waals surface area contributed by atoms with Crippen LogP contribution in [0, 0.1) is 0 Å². The number of hydrogen-bond acceptors (Lipinski definition) is 1. The van der Waals surface area contributed by atoms with Crippen LogP contribution < -0.4 is 4.90 Å². The summed E-state index contributed by atoms with van der Waals surface area (Å²) in [6.45, 7) is 4.08. The molecular weight excluding hydrogens is 170 g/mol. The first-order valence-corrected chi connectivity index (χ1v) is 4.67. The summed E-state index contributed by atoms with van der Waals surface area (Å²) in [5.74, 6) is 0. The molecule has 0 aromatic heterocycles. The molecule has 1 aliphatic carbocycles. The fourth-order valence-electron chi connectivity index (χ4n) is 1.81. The summed E-state index contributed by atoms with van der Waals surface area (Å²) in [5.41, 5.74) is 5.38. The third-order valence-corrected chi connectivity index (χ3v) is 2.69. The predicted octanol–water partition coefficient (Wildman–Crippen LogP) is 3.35. The van der Waals surface area contributed by atoms with Crippen molar-refractivity contribution in [1.29, 1.82) is 0 Å². The lowest BCUT2D eigenvalue weighted by atomic mass is 10.1. The van der Waals surface area contributed by atoms with E-state index in [1.165, 1.54) is 28.8 Å². The molecule has 0 heterocycles. The number of fused-ring (bicyclic) bond motifs is 1. The van der Waals surface area contributed by atoms with Gasteiger partial charge in [-0.15, -0.1) is 0 Å². The molecule has 1 aromatic carbocycles. The fraction of sp³-hybridized carbons (Fsp3) is 0.385. The number of nitrogens with zero attached hydrogens (tertiary/aromatic N) is 1. The second-order valence-electron chi connectivity index (χ2n) is 3.84. The van der Waals surface area contributed by atoms with E-state index < -0.39 is 0 Å². The van der Waals surface area contributed by atoms with Crippen LogP contribution in [0.5, 0.6) is 0 Å². The molecule has 1 aromatic rings. The van der Waals surface area contributed by atoms with Crippen LogP contribution in [-0.4, -0.2) is 14.1 Å². The van der Waals surface area contributed by atoms with E-state index >= 15 is 0 Å². The lowest BCUT2D eigenvalue weighted by molar-refractivity contribution is 1.08. The van der Waals surface area contributed by atoms with Crippen molar-refractivity contribution in [2.75, 3.05) is 19.0 Å². The Hall–Kier alpha value is -1.24. The van der Waals surface area contributed by atoms with E-state index in [0.29, 0.717) is 0 Å². The highest BCUT2D eigenvalue weighted by Gasteiger charge is 2.14. The van der Waals surface area contributed by atoms with Gasteiger partial charge in [0.25, 0.3) is 0 Å². The van der Waals surface area contributed by atoms with E-state index in [1.807, 2.05) is 0 Å². The van der Waals surface area contributed by atoms with Crippen LogP contribution in [0.1, 0.15) is 25.0 Å². The van der Waals surface area contributed by atoms with Crippen molar-refractivity contribution in [2.24, 2.45) is 0 Å². The van der Waals surface area contributed by atoms with Gasteiger partial charge in [0.1, 0.15) is 0 Å². The van der Waals surface area contributed by atoms with Crippen LogP contribution in [0.3, 0.4) is 0 Å². The van der Waals surface area contributed by atoms with Crippen molar-refractivity contribution in [3.8, 4) is 0 Å². The number of aryl methyl sites for hydroxylation is 1.